The molecule has 1 fully saturated rings. The monoisotopic (exact) mass is 522 g/mol. The third-order valence-electron chi connectivity index (χ3n) is 7.20. The van der Waals surface area contributed by atoms with Crippen LogP contribution in [0.5, 0.6) is 5.88 Å². The Morgan fingerprint density at radius 3 is 2.69 bits per heavy atom. The smallest absolute Gasteiger partial charge is 0.213 e. The van der Waals surface area contributed by atoms with Crippen LogP contribution in [-0.2, 0) is 19.7 Å². The van der Waals surface area contributed by atoms with Crippen LogP contribution >= 0.6 is 0 Å². The van der Waals surface area contributed by atoms with Crippen LogP contribution in [0, 0.1) is 17.1 Å². The lowest BCUT2D eigenvalue weighted by molar-refractivity contribution is 0.196. The number of halogens is 1. The molecule has 39 heavy (non-hydrogen) atoms. The largest absolute Gasteiger partial charge is 0.473 e. The SMILES string of the molecule is N#Cc1ccc(COc2cccc(C3CCN(Cc4nc5ccccc5n4Cc4cnco4)CC3)n2)c(F)c1. The van der Waals surface area contributed by atoms with E-state index in [2.05, 4.69) is 20.5 Å². The van der Waals surface area contributed by atoms with Crippen molar-refractivity contribution in [2.24, 2.45) is 0 Å². The molecule has 0 amide bonds. The number of imidazole rings is 1. The summed E-state index contributed by atoms with van der Waals surface area (Å²) in [7, 11) is 0. The molecule has 0 N–H and O–H groups in total. The molecule has 1 aliphatic heterocycles. The summed E-state index contributed by atoms with van der Waals surface area (Å²) in [5, 5.41) is 8.92. The lowest BCUT2D eigenvalue weighted by Gasteiger charge is -2.31. The quantitative estimate of drug-likeness (QED) is 0.268. The molecule has 0 atom stereocenters. The van der Waals surface area contributed by atoms with Crippen molar-refractivity contribution in [2.45, 2.75) is 38.5 Å². The number of aromatic nitrogens is 4. The van der Waals surface area contributed by atoms with Crippen molar-refractivity contribution in [3.63, 3.8) is 0 Å². The van der Waals surface area contributed by atoms with Crippen molar-refractivity contribution in [2.75, 3.05) is 13.1 Å². The van der Waals surface area contributed by atoms with E-state index in [1.807, 2.05) is 36.4 Å². The molecule has 5 aromatic rings. The molecule has 196 valence electrons. The van der Waals surface area contributed by atoms with Crippen LogP contribution in [0.25, 0.3) is 11.0 Å². The second-order valence-corrected chi connectivity index (χ2v) is 9.73. The number of hydrogen-bond donors (Lipinski definition) is 0. The second-order valence-electron chi connectivity index (χ2n) is 9.73. The maximum atomic E-state index is 14.2. The summed E-state index contributed by atoms with van der Waals surface area (Å²) in [4.78, 5) is 16.1. The Morgan fingerprint density at radius 1 is 1.03 bits per heavy atom. The predicted molar refractivity (Wildman–Crippen MR) is 142 cm³/mol. The van der Waals surface area contributed by atoms with E-state index in [0.29, 0.717) is 23.9 Å². The van der Waals surface area contributed by atoms with Crippen molar-refractivity contribution in [3.8, 4) is 11.9 Å². The van der Waals surface area contributed by atoms with Gasteiger partial charge in [0.05, 0.1) is 42.0 Å². The van der Waals surface area contributed by atoms with E-state index in [1.165, 1.54) is 12.5 Å². The minimum Gasteiger partial charge on any atom is -0.473 e. The van der Waals surface area contributed by atoms with E-state index in [9.17, 15) is 4.39 Å². The molecular weight excluding hydrogens is 495 g/mol. The lowest BCUT2D eigenvalue weighted by Crippen LogP contribution is -2.33. The summed E-state index contributed by atoms with van der Waals surface area (Å²) in [5.41, 5.74) is 3.73. The zero-order valence-electron chi connectivity index (χ0n) is 21.3. The van der Waals surface area contributed by atoms with Crippen LogP contribution in [0.2, 0.25) is 0 Å². The van der Waals surface area contributed by atoms with Gasteiger partial charge in [-0.2, -0.15) is 5.26 Å². The maximum absolute atomic E-state index is 14.2. The standard InChI is InChI=1S/C30H27FN6O2/c31-25-14-21(15-32)8-9-23(25)19-38-30-7-3-5-26(35-30)22-10-12-36(13-11-22)18-29-34-27-4-1-2-6-28(27)37(29)17-24-16-33-20-39-24/h1-9,14,16,20,22H,10-13,17-19H2. The van der Waals surface area contributed by atoms with E-state index >= 15 is 0 Å². The Morgan fingerprint density at radius 2 is 1.90 bits per heavy atom. The van der Waals surface area contributed by atoms with Gasteiger partial charge in [0.15, 0.2) is 6.39 Å². The number of oxazole rings is 1. The number of nitriles is 1. The van der Waals surface area contributed by atoms with E-state index in [-0.39, 0.29) is 12.2 Å². The Hall–Kier alpha value is -4.55. The highest BCUT2D eigenvalue weighted by Gasteiger charge is 2.24. The fourth-order valence-electron chi connectivity index (χ4n) is 5.11. The average molecular weight is 523 g/mol. The number of rotatable bonds is 8. The van der Waals surface area contributed by atoms with Crippen LogP contribution in [0.4, 0.5) is 4.39 Å². The van der Waals surface area contributed by atoms with Crippen molar-refractivity contribution in [1.29, 1.82) is 5.26 Å². The molecule has 0 radical (unpaired) electrons. The highest BCUT2D eigenvalue weighted by atomic mass is 19.1. The molecule has 1 saturated heterocycles. The lowest BCUT2D eigenvalue weighted by atomic mass is 9.93. The Balaban J connectivity index is 1.09. The molecule has 9 heteroatoms. The molecule has 4 heterocycles. The van der Waals surface area contributed by atoms with Gasteiger partial charge in [-0.25, -0.2) is 19.3 Å². The van der Waals surface area contributed by atoms with Crippen LogP contribution < -0.4 is 4.74 Å². The number of pyridine rings is 1. The zero-order chi connectivity index (χ0) is 26.6. The Labute approximate surface area is 225 Å². The number of likely N-dealkylation sites (tertiary alicyclic amines) is 1. The molecule has 3 aromatic heterocycles. The number of nitrogens with zero attached hydrogens (tertiary/aromatic N) is 6. The first kappa shape index (κ1) is 24.8. The van der Waals surface area contributed by atoms with Gasteiger partial charge in [-0.15, -0.1) is 0 Å². The number of piperidine rings is 1. The molecule has 1 aliphatic rings. The van der Waals surface area contributed by atoms with Crippen molar-refractivity contribution in [3.05, 3.63) is 107 Å². The van der Waals surface area contributed by atoms with Gasteiger partial charge in [-0.05, 0) is 56.3 Å². The molecule has 8 nitrogen and oxygen atoms in total. The van der Waals surface area contributed by atoms with Gasteiger partial charge in [0.2, 0.25) is 5.88 Å². The molecule has 6 rings (SSSR count). The number of benzene rings is 2. The van der Waals surface area contributed by atoms with Gasteiger partial charge in [0.25, 0.3) is 0 Å². The normalized spacial score (nSPS) is 14.5. The van der Waals surface area contributed by atoms with Gasteiger partial charge >= 0.3 is 0 Å². The number of para-hydroxylation sites is 2. The zero-order valence-corrected chi connectivity index (χ0v) is 21.3. The maximum Gasteiger partial charge on any atom is 0.213 e. The fraction of sp³-hybridized carbons (Fsp3) is 0.267. The predicted octanol–water partition coefficient (Wildman–Crippen LogP) is 5.44. The van der Waals surface area contributed by atoms with Gasteiger partial charge in [0.1, 0.15) is 24.0 Å². The molecular formula is C30H27FN6O2. The third-order valence-corrected chi connectivity index (χ3v) is 7.20. The van der Waals surface area contributed by atoms with Crippen molar-refractivity contribution in [1.82, 2.24) is 24.4 Å². The van der Waals surface area contributed by atoms with E-state index < -0.39 is 5.82 Å². The van der Waals surface area contributed by atoms with Crippen molar-refractivity contribution >= 4 is 11.0 Å². The van der Waals surface area contributed by atoms with Gasteiger partial charge in [-0.1, -0.05) is 24.3 Å². The molecule has 0 bridgehead atoms. The summed E-state index contributed by atoms with van der Waals surface area (Å²) < 4.78 is 27.7. The summed E-state index contributed by atoms with van der Waals surface area (Å²) in [6, 6.07) is 20.3. The molecule has 0 spiro atoms. The highest BCUT2D eigenvalue weighted by molar-refractivity contribution is 5.76. The summed E-state index contributed by atoms with van der Waals surface area (Å²) >= 11 is 0. The molecule has 0 unspecified atom stereocenters. The summed E-state index contributed by atoms with van der Waals surface area (Å²) in [6.07, 6.45) is 5.15. The first-order chi connectivity index (χ1) is 19.2. The Bertz CT molecular complexity index is 1620. The van der Waals surface area contributed by atoms with Crippen LogP contribution in [-0.4, -0.2) is 37.5 Å². The summed E-state index contributed by atoms with van der Waals surface area (Å²) in [5.74, 6) is 2.15. The average Bonchev–Trinajstić information content (AvgIpc) is 3.61. The minimum atomic E-state index is -0.452. The van der Waals surface area contributed by atoms with Crippen LogP contribution in [0.15, 0.2) is 77.7 Å². The summed E-state index contributed by atoms with van der Waals surface area (Å²) in [6.45, 7) is 3.26. The van der Waals surface area contributed by atoms with E-state index in [1.54, 1.807) is 24.4 Å². The number of ether oxygens (including phenoxy) is 1. The van der Waals surface area contributed by atoms with Crippen LogP contribution in [0.3, 0.4) is 0 Å². The first-order valence-corrected chi connectivity index (χ1v) is 13.0. The first-order valence-electron chi connectivity index (χ1n) is 13.0. The van der Waals surface area contributed by atoms with E-state index in [0.717, 1.165) is 60.8 Å². The topological polar surface area (TPSA) is 93.0 Å². The van der Waals surface area contributed by atoms with Crippen molar-refractivity contribution < 1.29 is 13.5 Å². The van der Waals surface area contributed by atoms with E-state index in [4.69, 9.17) is 24.4 Å². The molecule has 2 aromatic carbocycles. The molecule has 0 aliphatic carbocycles. The third kappa shape index (κ3) is 5.52. The molecule has 0 saturated carbocycles. The van der Waals surface area contributed by atoms with Crippen LogP contribution in [0.1, 0.15) is 47.2 Å². The van der Waals surface area contributed by atoms with Gasteiger partial charge in [-0.3, -0.25) is 4.90 Å². The number of fused-ring (bicyclic) bond motifs is 1. The minimum absolute atomic E-state index is 0.0571. The van der Waals surface area contributed by atoms with Gasteiger partial charge in [0, 0.05) is 23.2 Å². The Kier molecular flexibility index (Phi) is 7.02. The highest BCUT2D eigenvalue weighted by Crippen LogP contribution is 2.29. The fourth-order valence-corrected chi connectivity index (χ4v) is 5.11. The second kappa shape index (κ2) is 11.1. The van der Waals surface area contributed by atoms with Gasteiger partial charge < -0.3 is 13.7 Å². The number of hydrogen-bond acceptors (Lipinski definition) is 7.